The Labute approximate surface area is 83.0 Å². The summed E-state index contributed by atoms with van der Waals surface area (Å²) >= 11 is 5.51. The molecule has 0 unspecified atom stereocenters. The second-order valence-electron chi connectivity index (χ2n) is 2.55. The van der Waals surface area contributed by atoms with E-state index in [9.17, 15) is 0 Å². The van der Waals surface area contributed by atoms with E-state index in [1.807, 2.05) is 24.3 Å². The molecule has 0 spiro atoms. The zero-order chi connectivity index (χ0) is 9.68. The van der Waals surface area contributed by atoms with Crippen LogP contribution in [-0.2, 0) is 0 Å². The summed E-state index contributed by atoms with van der Waals surface area (Å²) in [5.74, 6) is 1.26. The van der Waals surface area contributed by atoms with Crippen LogP contribution in [0.25, 0.3) is 6.08 Å². The molecule has 70 valence electrons. The molecule has 0 heterocycles. The van der Waals surface area contributed by atoms with Gasteiger partial charge in [0.15, 0.2) is 0 Å². The van der Waals surface area contributed by atoms with Crippen LogP contribution in [0, 0.1) is 0 Å². The minimum Gasteiger partial charge on any atom is -0.497 e. The fraction of sp³-hybridized carbons (Fsp3) is 0.200. The van der Waals surface area contributed by atoms with E-state index in [2.05, 4.69) is 0 Å². The number of nitrogens with two attached hydrogens (primary N) is 1. The lowest BCUT2D eigenvalue weighted by Gasteiger charge is -2.03. The molecule has 0 aliphatic rings. The Balaban J connectivity index is 2.91. The van der Waals surface area contributed by atoms with Crippen molar-refractivity contribution in [2.24, 2.45) is 0 Å². The third-order valence-corrected chi connectivity index (χ3v) is 1.86. The highest BCUT2D eigenvalue weighted by molar-refractivity contribution is 6.19. The third-order valence-electron chi connectivity index (χ3n) is 1.68. The van der Waals surface area contributed by atoms with E-state index >= 15 is 0 Å². The number of alkyl halides is 1. The van der Waals surface area contributed by atoms with E-state index in [1.165, 1.54) is 0 Å². The summed E-state index contributed by atoms with van der Waals surface area (Å²) in [6, 6.07) is 5.55. The maximum Gasteiger partial charge on any atom is 0.120 e. The summed E-state index contributed by atoms with van der Waals surface area (Å²) in [6.07, 6.45) is 3.74. The maximum atomic E-state index is 5.76. The maximum absolute atomic E-state index is 5.76. The fourth-order valence-electron chi connectivity index (χ4n) is 1.00. The second-order valence-corrected chi connectivity index (χ2v) is 2.86. The zero-order valence-electron chi connectivity index (χ0n) is 7.46. The number of halogens is 1. The van der Waals surface area contributed by atoms with Gasteiger partial charge in [-0.25, -0.2) is 0 Å². The number of ether oxygens (including phenoxy) is 1. The highest BCUT2D eigenvalue weighted by Gasteiger charge is 1.96. The number of rotatable bonds is 3. The molecule has 0 aliphatic heterocycles. The largest absolute Gasteiger partial charge is 0.497 e. The average Bonchev–Trinajstić information content (AvgIpc) is 2.16. The van der Waals surface area contributed by atoms with Crippen LogP contribution in [-0.4, -0.2) is 13.0 Å². The van der Waals surface area contributed by atoms with Crippen LogP contribution < -0.4 is 10.5 Å². The summed E-state index contributed by atoms with van der Waals surface area (Å²) in [4.78, 5) is 0. The first-order chi connectivity index (χ1) is 6.27. The molecule has 0 aliphatic carbocycles. The quantitative estimate of drug-likeness (QED) is 0.597. The Bertz CT molecular complexity index is 310. The summed E-state index contributed by atoms with van der Waals surface area (Å²) in [5, 5.41) is 0. The van der Waals surface area contributed by atoms with Gasteiger partial charge in [-0.05, 0) is 17.7 Å². The molecule has 3 heteroatoms. The van der Waals surface area contributed by atoms with Gasteiger partial charge in [-0.15, -0.1) is 11.6 Å². The summed E-state index contributed by atoms with van der Waals surface area (Å²) in [6.45, 7) is 0. The Hall–Kier alpha value is -1.15. The van der Waals surface area contributed by atoms with Crippen molar-refractivity contribution in [1.82, 2.24) is 0 Å². The van der Waals surface area contributed by atoms with Crippen molar-refractivity contribution in [3.05, 3.63) is 29.8 Å². The molecule has 0 saturated heterocycles. The van der Waals surface area contributed by atoms with E-state index in [4.69, 9.17) is 22.1 Å². The molecular weight excluding hydrogens is 186 g/mol. The molecule has 0 aromatic heterocycles. The second kappa shape index (κ2) is 4.77. The van der Waals surface area contributed by atoms with E-state index in [0.29, 0.717) is 11.6 Å². The van der Waals surface area contributed by atoms with Gasteiger partial charge in [0.1, 0.15) is 5.75 Å². The Morgan fingerprint density at radius 1 is 1.54 bits per heavy atom. The van der Waals surface area contributed by atoms with E-state index in [-0.39, 0.29) is 0 Å². The van der Waals surface area contributed by atoms with Gasteiger partial charge >= 0.3 is 0 Å². The van der Waals surface area contributed by atoms with Gasteiger partial charge in [0.25, 0.3) is 0 Å². The number of allylic oxidation sites excluding steroid dienone is 1. The van der Waals surface area contributed by atoms with Gasteiger partial charge in [-0.3, -0.25) is 0 Å². The van der Waals surface area contributed by atoms with Gasteiger partial charge in [0.2, 0.25) is 0 Å². The SMILES string of the molecule is COc1ccc(C=CCCl)c(N)c1. The highest BCUT2D eigenvalue weighted by atomic mass is 35.5. The summed E-state index contributed by atoms with van der Waals surface area (Å²) in [5.41, 5.74) is 7.42. The average molecular weight is 198 g/mol. The van der Waals surface area contributed by atoms with Gasteiger partial charge in [0, 0.05) is 17.6 Å². The van der Waals surface area contributed by atoms with Crippen molar-refractivity contribution in [3.8, 4) is 5.75 Å². The van der Waals surface area contributed by atoms with Crippen LogP contribution in [0.5, 0.6) is 5.75 Å². The van der Waals surface area contributed by atoms with Crippen molar-refractivity contribution in [2.75, 3.05) is 18.7 Å². The Morgan fingerprint density at radius 3 is 2.85 bits per heavy atom. The molecule has 0 atom stereocenters. The fourth-order valence-corrected chi connectivity index (χ4v) is 1.09. The molecule has 1 rings (SSSR count). The smallest absolute Gasteiger partial charge is 0.120 e. The van der Waals surface area contributed by atoms with Crippen LogP contribution >= 0.6 is 11.6 Å². The third kappa shape index (κ3) is 2.67. The number of hydrogen-bond donors (Lipinski definition) is 1. The molecule has 0 radical (unpaired) electrons. The van der Waals surface area contributed by atoms with E-state index < -0.39 is 0 Å². The lowest BCUT2D eigenvalue weighted by atomic mass is 10.1. The molecule has 0 amide bonds. The van der Waals surface area contributed by atoms with Gasteiger partial charge in [-0.2, -0.15) is 0 Å². The minimum atomic E-state index is 0.492. The molecule has 0 bridgehead atoms. The van der Waals surface area contributed by atoms with Gasteiger partial charge in [-0.1, -0.05) is 12.2 Å². The molecule has 1 aromatic carbocycles. The number of nitrogen functional groups attached to an aromatic ring is 1. The normalized spacial score (nSPS) is 10.6. The molecule has 0 saturated carbocycles. The topological polar surface area (TPSA) is 35.2 Å². The first-order valence-electron chi connectivity index (χ1n) is 3.94. The van der Waals surface area contributed by atoms with Crippen LogP contribution in [0.1, 0.15) is 5.56 Å². The van der Waals surface area contributed by atoms with Crippen LogP contribution in [0.4, 0.5) is 5.69 Å². The summed E-state index contributed by atoms with van der Waals surface area (Å²) < 4.78 is 5.02. The van der Waals surface area contributed by atoms with Crippen LogP contribution in [0.15, 0.2) is 24.3 Å². The highest BCUT2D eigenvalue weighted by Crippen LogP contribution is 2.20. The number of hydrogen-bond acceptors (Lipinski definition) is 2. The lowest BCUT2D eigenvalue weighted by Crippen LogP contribution is -1.91. The zero-order valence-corrected chi connectivity index (χ0v) is 8.21. The van der Waals surface area contributed by atoms with Gasteiger partial charge in [0.05, 0.1) is 7.11 Å². The van der Waals surface area contributed by atoms with Crippen molar-refractivity contribution < 1.29 is 4.74 Å². The van der Waals surface area contributed by atoms with Crippen molar-refractivity contribution in [2.45, 2.75) is 0 Å². The van der Waals surface area contributed by atoms with Crippen molar-refractivity contribution in [3.63, 3.8) is 0 Å². The van der Waals surface area contributed by atoms with Crippen LogP contribution in [0.2, 0.25) is 0 Å². The number of methoxy groups -OCH3 is 1. The lowest BCUT2D eigenvalue weighted by molar-refractivity contribution is 0.415. The first kappa shape index (κ1) is 9.93. The molecular formula is C10H12ClNO. The molecule has 2 nitrogen and oxygen atoms in total. The number of benzene rings is 1. The van der Waals surface area contributed by atoms with E-state index in [0.717, 1.165) is 11.3 Å². The number of anilines is 1. The van der Waals surface area contributed by atoms with Crippen molar-refractivity contribution in [1.29, 1.82) is 0 Å². The molecule has 1 aromatic rings. The predicted octanol–water partition coefficient (Wildman–Crippen LogP) is 2.53. The van der Waals surface area contributed by atoms with Gasteiger partial charge < -0.3 is 10.5 Å². The molecule has 2 N–H and O–H groups in total. The Kier molecular flexibility index (Phi) is 3.65. The first-order valence-corrected chi connectivity index (χ1v) is 4.47. The standard InChI is InChI=1S/C10H12ClNO/c1-13-9-5-4-8(3-2-6-11)10(12)7-9/h2-5,7H,6,12H2,1H3. The monoisotopic (exact) mass is 197 g/mol. The molecule has 13 heavy (non-hydrogen) atoms. The van der Waals surface area contributed by atoms with Crippen LogP contribution in [0.3, 0.4) is 0 Å². The summed E-state index contributed by atoms with van der Waals surface area (Å²) in [7, 11) is 1.61. The minimum absolute atomic E-state index is 0.492. The Morgan fingerprint density at radius 2 is 2.31 bits per heavy atom. The van der Waals surface area contributed by atoms with Crippen molar-refractivity contribution >= 4 is 23.4 Å². The predicted molar refractivity (Wildman–Crippen MR) is 57.2 cm³/mol. The molecule has 0 fully saturated rings. The van der Waals surface area contributed by atoms with E-state index in [1.54, 1.807) is 13.2 Å².